The fraction of sp³-hybridized carbons (Fsp3) is 0.667. The molecule has 0 aromatic carbocycles. The molecule has 90 valence electrons. The zero-order chi connectivity index (χ0) is 11.5. The highest BCUT2D eigenvalue weighted by atomic mass is 16.7. The van der Waals surface area contributed by atoms with Gasteiger partial charge in [-0.15, -0.1) is 0 Å². The standard InChI is InChI=1S/C12H19NO3/c1-2-5-9-11(15-9)12-10(16-12)8(14)6-3-4-7-13/h2-3,5-6,8-12,14H,4,7,13H2,1H3/p+1/b5-2+,6-3-/t8-,9?,10?,11?,12?/m0/s1. The van der Waals surface area contributed by atoms with Crippen LogP contribution in [0.4, 0.5) is 0 Å². The van der Waals surface area contributed by atoms with Gasteiger partial charge in [0.05, 0.1) is 6.54 Å². The van der Waals surface area contributed by atoms with Crippen LogP contribution in [0, 0.1) is 0 Å². The Labute approximate surface area is 95.7 Å². The molecule has 4 heteroatoms. The number of ether oxygens (including phenoxy) is 2. The summed E-state index contributed by atoms with van der Waals surface area (Å²) in [7, 11) is 0. The molecule has 16 heavy (non-hydrogen) atoms. The van der Waals surface area contributed by atoms with Crippen molar-refractivity contribution in [2.75, 3.05) is 6.54 Å². The van der Waals surface area contributed by atoms with Crippen molar-refractivity contribution in [2.45, 2.75) is 43.9 Å². The molecule has 4 unspecified atom stereocenters. The van der Waals surface area contributed by atoms with Crippen LogP contribution in [0.2, 0.25) is 0 Å². The van der Waals surface area contributed by atoms with Crippen molar-refractivity contribution in [3.63, 3.8) is 0 Å². The van der Waals surface area contributed by atoms with Gasteiger partial charge in [-0.1, -0.05) is 24.3 Å². The van der Waals surface area contributed by atoms with Crippen LogP contribution in [0.15, 0.2) is 24.3 Å². The van der Waals surface area contributed by atoms with Crippen molar-refractivity contribution >= 4 is 0 Å². The van der Waals surface area contributed by atoms with Crippen LogP contribution >= 0.6 is 0 Å². The Balaban J connectivity index is 1.71. The molecule has 0 spiro atoms. The average molecular weight is 226 g/mol. The molecule has 0 aliphatic carbocycles. The maximum Gasteiger partial charge on any atom is 0.117 e. The van der Waals surface area contributed by atoms with E-state index in [1.165, 1.54) is 0 Å². The van der Waals surface area contributed by atoms with Crippen molar-refractivity contribution < 1.29 is 20.3 Å². The minimum absolute atomic E-state index is 0.0700. The van der Waals surface area contributed by atoms with Crippen molar-refractivity contribution in [2.24, 2.45) is 0 Å². The van der Waals surface area contributed by atoms with Crippen LogP contribution in [-0.2, 0) is 9.47 Å². The lowest BCUT2D eigenvalue weighted by Gasteiger charge is -1.98. The summed E-state index contributed by atoms with van der Waals surface area (Å²) in [5.41, 5.74) is 3.73. The van der Waals surface area contributed by atoms with Gasteiger partial charge in [0.1, 0.15) is 30.5 Å². The van der Waals surface area contributed by atoms with Crippen LogP contribution in [-0.4, -0.2) is 42.2 Å². The maximum atomic E-state index is 9.77. The highest BCUT2D eigenvalue weighted by Gasteiger charge is 2.58. The SMILES string of the molecule is C/C=C/C1OC1C1OC1[C@@H](O)/C=C\CC[NH3+]. The molecule has 2 rings (SSSR count). The maximum absolute atomic E-state index is 9.77. The van der Waals surface area contributed by atoms with Crippen LogP contribution in [0.5, 0.6) is 0 Å². The second-order valence-corrected chi connectivity index (χ2v) is 4.22. The molecular formula is C12H20NO3+. The first kappa shape index (κ1) is 11.8. The van der Waals surface area contributed by atoms with Gasteiger partial charge in [-0.3, -0.25) is 0 Å². The van der Waals surface area contributed by atoms with Crippen molar-refractivity contribution in [3.05, 3.63) is 24.3 Å². The Morgan fingerprint density at radius 3 is 2.88 bits per heavy atom. The zero-order valence-corrected chi connectivity index (χ0v) is 9.58. The third kappa shape index (κ3) is 2.71. The van der Waals surface area contributed by atoms with Gasteiger partial charge in [-0.2, -0.15) is 0 Å². The van der Waals surface area contributed by atoms with E-state index >= 15 is 0 Å². The van der Waals surface area contributed by atoms with Gasteiger partial charge in [0.15, 0.2) is 0 Å². The predicted molar refractivity (Wildman–Crippen MR) is 59.7 cm³/mol. The summed E-state index contributed by atoms with van der Waals surface area (Å²) in [4.78, 5) is 0. The van der Waals surface area contributed by atoms with E-state index in [0.717, 1.165) is 13.0 Å². The van der Waals surface area contributed by atoms with Gasteiger partial charge >= 0.3 is 0 Å². The highest BCUT2D eigenvalue weighted by molar-refractivity contribution is 5.14. The largest absolute Gasteiger partial charge is 0.386 e. The first-order chi connectivity index (χ1) is 7.77. The summed E-state index contributed by atoms with van der Waals surface area (Å²) >= 11 is 0. The number of hydrogen-bond donors (Lipinski definition) is 2. The molecule has 2 fully saturated rings. The second kappa shape index (κ2) is 5.10. The number of aliphatic hydroxyl groups excluding tert-OH is 1. The number of hydrogen-bond acceptors (Lipinski definition) is 3. The molecule has 0 bridgehead atoms. The molecule has 0 saturated carbocycles. The van der Waals surface area contributed by atoms with Crippen LogP contribution in [0.3, 0.4) is 0 Å². The van der Waals surface area contributed by atoms with Crippen LogP contribution in [0.1, 0.15) is 13.3 Å². The lowest BCUT2D eigenvalue weighted by molar-refractivity contribution is -0.366. The first-order valence-electron chi connectivity index (χ1n) is 5.85. The molecular weight excluding hydrogens is 206 g/mol. The quantitative estimate of drug-likeness (QED) is 0.480. The number of epoxide rings is 2. The minimum Gasteiger partial charge on any atom is -0.386 e. The number of quaternary nitrogens is 1. The van der Waals surface area contributed by atoms with E-state index in [0.29, 0.717) is 0 Å². The molecule has 5 atom stereocenters. The summed E-state index contributed by atoms with van der Waals surface area (Å²) in [6.45, 7) is 2.83. The lowest BCUT2D eigenvalue weighted by atomic mass is 10.1. The summed E-state index contributed by atoms with van der Waals surface area (Å²) in [6, 6.07) is 0. The summed E-state index contributed by atoms with van der Waals surface area (Å²) in [5.74, 6) is 0. The molecule has 2 aliphatic rings. The first-order valence-corrected chi connectivity index (χ1v) is 5.85. The molecule has 0 radical (unpaired) electrons. The van der Waals surface area contributed by atoms with Crippen molar-refractivity contribution in [1.29, 1.82) is 0 Å². The minimum atomic E-state index is -0.507. The molecule has 2 aliphatic heterocycles. The molecule has 2 heterocycles. The van der Waals surface area contributed by atoms with Gasteiger partial charge in [-0.25, -0.2) is 0 Å². The summed E-state index contributed by atoms with van der Waals surface area (Å²) in [5, 5.41) is 9.77. The van der Waals surface area contributed by atoms with E-state index in [9.17, 15) is 5.11 Å². The van der Waals surface area contributed by atoms with E-state index in [-0.39, 0.29) is 24.4 Å². The van der Waals surface area contributed by atoms with Gasteiger partial charge < -0.3 is 20.3 Å². The van der Waals surface area contributed by atoms with Gasteiger partial charge in [0.25, 0.3) is 0 Å². The van der Waals surface area contributed by atoms with Crippen LogP contribution in [0.25, 0.3) is 0 Å². The molecule has 2 saturated heterocycles. The smallest absolute Gasteiger partial charge is 0.117 e. The van der Waals surface area contributed by atoms with Crippen molar-refractivity contribution in [3.8, 4) is 0 Å². The molecule has 4 N–H and O–H groups in total. The third-order valence-electron chi connectivity index (χ3n) is 2.87. The Morgan fingerprint density at radius 1 is 1.38 bits per heavy atom. The summed E-state index contributed by atoms with van der Waals surface area (Å²) in [6.07, 6.45) is 8.47. The van der Waals surface area contributed by atoms with Gasteiger partial charge in [0, 0.05) is 6.42 Å². The Kier molecular flexibility index (Phi) is 3.76. The lowest BCUT2D eigenvalue weighted by Crippen LogP contribution is -2.49. The fourth-order valence-electron chi connectivity index (χ4n) is 1.88. The Morgan fingerprint density at radius 2 is 2.19 bits per heavy atom. The van der Waals surface area contributed by atoms with E-state index < -0.39 is 6.10 Å². The van der Waals surface area contributed by atoms with E-state index in [1.54, 1.807) is 6.08 Å². The van der Waals surface area contributed by atoms with E-state index in [4.69, 9.17) is 9.47 Å². The average Bonchev–Trinajstić information content (AvgIpc) is 3.11. The molecule has 0 amide bonds. The molecule has 4 nitrogen and oxygen atoms in total. The predicted octanol–water partition coefficient (Wildman–Crippen LogP) is -0.354. The fourth-order valence-corrected chi connectivity index (χ4v) is 1.88. The van der Waals surface area contributed by atoms with Gasteiger partial charge in [0.2, 0.25) is 0 Å². The topological polar surface area (TPSA) is 72.9 Å². The number of rotatable bonds is 6. The van der Waals surface area contributed by atoms with Crippen LogP contribution < -0.4 is 5.73 Å². The molecule has 0 aromatic rings. The molecule has 0 aromatic heterocycles. The third-order valence-corrected chi connectivity index (χ3v) is 2.87. The van der Waals surface area contributed by atoms with E-state index in [2.05, 4.69) is 5.73 Å². The highest BCUT2D eigenvalue weighted by Crippen LogP contribution is 2.40. The number of aliphatic hydroxyl groups is 1. The Bertz CT molecular complexity index is 290. The summed E-state index contributed by atoms with van der Waals surface area (Å²) < 4.78 is 10.9. The normalized spacial score (nSPS) is 39.4. The van der Waals surface area contributed by atoms with Crippen molar-refractivity contribution in [1.82, 2.24) is 0 Å². The second-order valence-electron chi connectivity index (χ2n) is 4.22. The van der Waals surface area contributed by atoms with Gasteiger partial charge in [-0.05, 0) is 6.92 Å². The zero-order valence-electron chi connectivity index (χ0n) is 9.58. The number of allylic oxidation sites excluding steroid dienone is 1. The monoisotopic (exact) mass is 226 g/mol. The van der Waals surface area contributed by atoms with E-state index in [1.807, 2.05) is 25.2 Å². The Hall–Kier alpha value is -0.680.